The van der Waals surface area contributed by atoms with E-state index >= 15 is 0 Å². The molecule has 2 amide bonds. The van der Waals surface area contributed by atoms with Crippen LogP contribution in [0.25, 0.3) is 0 Å². The molecule has 2 heterocycles. The van der Waals surface area contributed by atoms with Gasteiger partial charge in [0.2, 0.25) is 0 Å². The topological polar surface area (TPSA) is 44.4 Å². The van der Waals surface area contributed by atoms with Gasteiger partial charge >= 0.3 is 6.03 Å². The number of hydrogen-bond acceptors (Lipinski definition) is 2. The van der Waals surface area contributed by atoms with Gasteiger partial charge in [-0.2, -0.15) is 0 Å². The van der Waals surface area contributed by atoms with Crippen LogP contribution >= 0.6 is 0 Å². The first kappa shape index (κ1) is 8.81. The third kappa shape index (κ3) is 1.63. The fourth-order valence-electron chi connectivity index (χ4n) is 2.14. The van der Waals surface area contributed by atoms with Crippen LogP contribution in [0.4, 0.5) is 4.79 Å². The van der Waals surface area contributed by atoms with Crippen molar-refractivity contribution in [2.75, 3.05) is 13.1 Å². The summed E-state index contributed by atoms with van der Waals surface area (Å²) in [5.74, 6) is 0. The molecule has 4 heteroatoms. The maximum Gasteiger partial charge on any atom is 0.315 e. The standard InChI is InChI=1S/C9H17N3O/c1-6(2)12-4-3-7-8(5-12)11-9(13)10-7/h6-8H,3-5H2,1-2H3,(H2,10,11,13)/t7?,8-/m1/s1. The maximum atomic E-state index is 11.0. The number of nitrogens with zero attached hydrogens (tertiary/aromatic N) is 1. The maximum absolute atomic E-state index is 11.0. The molecule has 0 aromatic carbocycles. The smallest absolute Gasteiger partial charge is 0.315 e. The highest BCUT2D eigenvalue weighted by Crippen LogP contribution is 2.16. The van der Waals surface area contributed by atoms with E-state index in [0.717, 1.165) is 19.5 Å². The van der Waals surface area contributed by atoms with Crippen LogP contribution in [0.5, 0.6) is 0 Å². The van der Waals surface area contributed by atoms with E-state index in [1.807, 2.05) is 0 Å². The summed E-state index contributed by atoms with van der Waals surface area (Å²) in [4.78, 5) is 13.5. The Balaban J connectivity index is 1.97. The van der Waals surface area contributed by atoms with Crippen LogP contribution in [0, 0.1) is 0 Å². The highest BCUT2D eigenvalue weighted by Gasteiger charge is 2.36. The van der Waals surface area contributed by atoms with Crippen molar-refractivity contribution in [2.45, 2.75) is 38.4 Å². The van der Waals surface area contributed by atoms with Crippen LogP contribution < -0.4 is 10.6 Å². The fourth-order valence-corrected chi connectivity index (χ4v) is 2.14. The molecule has 0 saturated carbocycles. The summed E-state index contributed by atoms with van der Waals surface area (Å²) < 4.78 is 0. The monoisotopic (exact) mass is 183 g/mol. The SMILES string of the molecule is CC(C)N1CCC2NC(=O)N[C@@H]2C1. The van der Waals surface area contributed by atoms with Gasteiger partial charge in [-0.15, -0.1) is 0 Å². The third-order valence-corrected chi connectivity index (χ3v) is 3.01. The number of piperidine rings is 1. The van der Waals surface area contributed by atoms with Gasteiger partial charge < -0.3 is 10.6 Å². The molecule has 2 N–H and O–H groups in total. The minimum absolute atomic E-state index is 0.000561. The van der Waals surface area contributed by atoms with E-state index in [9.17, 15) is 4.79 Å². The molecular formula is C9H17N3O. The average molecular weight is 183 g/mol. The van der Waals surface area contributed by atoms with E-state index in [2.05, 4.69) is 29.4 Å². The lowest BCUT2D eigenvalue weighted by atomic mass is 10.0. The summed E-state index contributed by atoms with van der Waals surface area (Å²) >= 11 is 0. The molecule has 2 atom stereocenters. The van der Waals surface area contributed by atoms with Gasteiger partial charge in [0.1, 0.15) is 0 Å². The van der Waals surface area contributed by atoms with E-state index in [1.165, 1.54) is 0 Å². The second-order valence-corrected chi connectivity index (χ2v) is 4.21. The van der Waals surface area contributed by atoms with Crippen LogP contribution in [-0.2, 0) is 0 Å². The van der Waals surface area contributed by atoms with E-state index in [4.69, 9.17) is 0 Å². The van der Waals surface area contributed by atoms with Crippen molar-refractivity contribution in [1.29, 1.82) is 0 Å². The normalized spacial score (nSPS) is 34.2. The highest BCUT2D eigenvalue weighted by atomic mass is 16.2. The number of urea groups is 1. The van der Waals surface area contributed by atoms with Crippen molar-refractivity contribution < 1.29 is 4.79 Å². The zero-order chi connectivity index (χ0) is 9.42. The van der Waals surface area contributed by atoms with Crippen LogP contribution in [-0.4, -0.2) is 42.1 Å². The molecule has 0 bridgehead atoms. The Morgan fingerprint density at radius 1 is 1.38 bits per heavy atom. The summed E-state index contributed by atoms with van der Waals surface area (Å²) in [6, 6.07) is 1.27. The van der Waals surface area contributed by atoms with Crippen molar-refractivity contribution in [3.8, 4) is 0 Å². The van der Waals surface area contributed by atoms with E-state index in [1.54, 1.807) is 0 Å². The first-order valence-corrected chi connectivity index (χ1v) is 4.98. The molecule has 1 unspecified atom stereocenters. The number of rotatable bonds is 1. The van der Waals surface area contributed by atoms with Gasteiger partial charge in [0.05, 0.1) is 12.1 Å². The van der Waals surface area contributed by atoms with E-state index in [-0.39, 0.29) is 6.03 Å². The molecule has 2 saturated heterocycles. The van der Waals surface area contributed by atoms with Gasteiger partial charge in [-0.3, -0.25) is 4.90 Å². The Kier molecular flexibility index (Phi) is 2.15. The zero-order valence-corrected chi connectivity index (χ0v) is 8.21. The van der Waals surface area contributed by atoms with Crippen LogP contribution in [0.3, 0.4) is 0 Å². The predicted molar refractivity (Wildman–Crippen MR) is 50.6 cm³/mol. The second-order valence-electron chi connectivity index (χ2n) is 4.21. The lowest BCUT2D eigenvalue weighted by molar-refractivity contribution is 0.152. The average Bonchev–Trinajstić information content (AvgIpc) is 2.42. The number of carbonyl (C=O) groups excluding carboxylic acids is 1. The van der Waals surface area contributed by atoms with Crippen LogP contribution in [0.1, 0.15) is 20.3 Å². The summed E-state index contributed by atoms with van der Waals surface area (Å²) in [7, 11) is 0. The van der Waals surface area contributed by atoms with Gasteiger partial charge in [0.15, 0.2) is 0 Å². The molecule has 2 rings (SSSR count). The number of carbonyl (C=O) groups is 1. The first-order chi connectivity index (χ1) is 6.16. The first-order valence-electron chi connectivity index (χ1n) is 4.98. The third-order valence-electron chi connectivity index (χ3n) is 3.01. The molecule has 74 valence electrons. The van der Waals surface area contributed by atoms with Gasteiger partial charge in [-0.1, -0.05) is 0 Å². The minimum Gasteiger partial charge on any atom is -0.333 e. The Labute approximate surface area is 78.7 Å². The molecule has 0 aromatic rings. The predicted octanol–water partition coefficient (Wildman–Crippen LogP) is 0.150. The van der Waals surface area contributed by atoms with Gasteiger partial charge in [0, 0.05) is 19.1 Å². The largest absolute Gasteiger partial charge is 0.333 e. The van der Waals surface area contributed by atoms with Crippen molar-refractivity contribution in [1.82, 2.24) is 15.5 Å². The molecule has 0 aromatic heterocycles. The Hall–Kier alpha value is -0.770. The molecular weight excluding hydrogens is 166 g/mol. The summed E-state index contributed by atoms with van der Waals surface area (Å²) in [5, 5.41) is 5.89. The van der Waals surface area contributed by atoms with Gasteiger partial charge in [0.25, 0.3) is 0 Å². The van der Waals surface area contributed by atoms with Crippen LogP contribution in [0.2, 0.25) is 0 Å². The van der Waals surface area contributed by atoms with Crippen molar-refractivity contribution in [3.05, 3.63) is 0 Å². The molecule has 2 aliphatic rings. The van der Waals surface area contributed by atoms with Crippen molar-refractivity contribution in [3.63, 3.8) is 0 Å². The fraction of sp³-hybridized carbons (Fsp3) is 0.889. The Bertz CT molecular complexity index is 217. The number of likely N-dealkylation sites (tertiary alicyclic amines) is 1. The minimum atomic E-state index is 0.000561. The Morgan fingerprint density at radius 2 is 2.08 bits per heavy atom. The molecule has 2 fully saturated rings. The second kappa shape index (κ2) is 3.18. The summed E-state index contributed by atoms with van der Waals surface area (Å²) in [5.41, 5.74) is 0. The number of amides is 2. The summed E-state index contributed by atoms with van der Waals surface area (Å²) in [6.07, 6.45) is 1.07. The van der Waals surface area contributed by atoms with Crippen LogP contribution in [0.15, 0.2) is 0 Å². The molecule has 0 spiro atoms. The summed E-state index contributed by atoms with van der Waals surface area (Å²) in [6.45, 7) is 6.48. The zero-order valence-electron chi connectivity index (χ0n) is 8.21. The molecule has 4 nitrogen and oxygen atoms in total. The lowest BCUT2D eigenvalue weighted by Crippen LogP contribution is -2.52. The molecule has 2 aliphatic heterocycles. The Morgan fingerprint density at radius 3 is 2.77 bits per heavy atom. The molecule has 0 radical (unpaired) electrons. The van der Waals surface area contributed by atoms with Crippen molar-refractivity contribution in [2.24, 2.45) is 0 Å². The van der Waals surface area contributed by atoms with Gasteiger partial charge in [-0.25, -0.2) is 4.79 Å². The van der Waals surface area contributed by atoms with Crippen molar-refractivity contribution >= 4 is 6.03 Å². The lowest BCUT2D eigenvalue weighted by Gasteiger charge is -2.36. The quantitative estimate of drug-likeness (QED) is 0.608. The van der Waals surface area contributed by atoms with E-state index in [0.29, 0.717) is 18.1 Å². The number of hydrogen-bond donors (Lipinski definition) is 2. The van der Waals surface area contributed by atoms with Gasteiger partial charge in [-0.05, 0) is 20.3 Å². The molecule has 13 heavy (non-hydrogen) atoms. The highest BCUT2D eigenvalue weighted by molar-refractivity contribution is 5.77. The van der Waals surface area contributed by atoms with E-state index < -0.39 is 0 Å². The number of fused-ring (bicyclic) bond motifs is 1. The number of nitrogens with one attached hydrogen (secondary N) is 2. The molecule has 0 aliphatic carbocycles.